The Kier molecular flexibility index (Phi) is 6.96. The molecule has 15 heavy (non-hydrogen) atoms. The van der Waals surface area contributed by atoms with Crippen LogP contribution in [0.25, 0.3) is 0 Å². The van der Waals surface area contributed by atoms with E-state index >= 15 is 0 Å². The average molecular weight is 217 g/mol. The molecule has 0 aromatic carbocycles. The number of carbonyl (C=O) groups excluding carboxylic acids is 3. The zero-order valence-corrected chi connectivity index (χ0v) is 8.87. The number of ether oxygens (including phenoxy) is 2. The highest BCUT2D eigenvalue weighted by atomic mass is 16.5. The summed E-state index contributed by atoms with van der Waals surface area (Å²) in [7, 11) is 1.23. The van der Waals surface area contributed by atoms with Crippen LogP contribution < -0.4 is 5.32 Å². The van der Waals surface area contributed by atoms with Crippen LogP contribution in [-0.4, -0.2) is 38.1 Å². The maximum absolute atomic E-state index is 11.0. The fourth-order valence-electron chi connectivity index (χ4n) is 0.780. The maximum atomic E-state index is 11.0. The SMILES string of the molecule is CCOC(=O)CCC(=O)NCC(=O)OC. The van der Waals surface area contributed by atoms with E-state index in [4.69, 9.17) is 0 Å². The second-order valence-corrected chi connectivity index (χ2v) is 2.66. The van der Waals surface area contributed by atoms with E-state index in [9.17, 15) is 14.4 Å². The van der Waals surface area contributed by atoms with Crippen LogP contribution in [0.5, 0.6) is 0 Å². The first-order valence-corrected chi connectivity index (χ1v) is 4.59. The molecule has 0 aliphatic heterocycles. The van der Waals surface area contributed by atoms with Crippen LogP contribution in [-0.2, 0) is 23.9 Å². The molecule has 0 saturated heterocycles. The summed E-state index contributed by atoms with van der Waals surface area (Å²) in [5.74, 6) is -1.33. The van der Waals surface area contributed by atoms with Crippen LogP contribution in [0.4, 0.5) is 0 Å². The Bertz CT molecular complexity index is 239. The average Bonchev–Trinajstić information content (AvgIpc) is 2.23. The number of carbonyl (C=O) groups is 3. The molecule has 0 bridgehead atoms. The predicted molar refractivity (Wildman–Crippen MR) is 50.9 cm³/mol. The van der Waals surface area contributed by atoms with Gasteiger partial charge >= 0.3 is 11.9 Å². The van der Waals surface area contributed by atoms with Crippen LogP contribution in [0.15, 0.2) is 0 Å². The minimum absolute atomic E-state index is 0.00975. The quantitative estimate of drug-likeness (QED) is 0.613. The molecular formula is C9H15NO5. The summed E-state index contributed by atoms with van der Waals surface area (Å²) in [5.41, 5.74) is 0. The zero-order chi connectivity index (χ0) is 11.7. The zero-order valence-electron chi connectivity index (χ0n) is 8.87. The molecule has 0 atom stereocenters. The third-order valence-electron chi connectivity index (χ3n) is 1.52. The fourth-order valence-corrected chi connectivity index (χ4v) is 0.780. The predicted octanol–water partition coefficient (Wildman–Crippen LogP) is -0.381. The summed E-state index contributed by atoms with van der Waals surface area (Å²) in [6, 6.07) is 0. The van der Waals surface area contributed by atoms with Gasteiger partial charge in [0.2, 0.25) is 5.91 Å². The van der Waals surface area contributed by atoms with Crippen LogP contribution in [0.3, 0.4) is 0 Å². The first-order valence-electron chi connectivity index (χ1n) is 4.59. The largest absolute Gasteiger partial charge is 0.468 e. The van der Waals surface area contributed by atoms with Crippen molar-refractivity contribution < 1.29 is 23.9 Å². The molecule has 0 spiro atoms. The molecule has 86 valence electrons. The van der Waals surface area contributed by atoms with Crippen LogP contribution in [0, 0.1) is 0 Å². The first-order chi connectivity index (χ1) is 7.10. The lowest BCUT2D eigenvalue weighted by molar-refractivity contribution is -0.144. The summed E-state index contributed by atoms with van der Waals surface area (Å²) in [6.07, 6.45) is 0.0245. The van der Waals surface area contributed by atoms with Crippen LogP contribution >= 0.6 is 0 Å². The molecule has 0 saturated carbocycles. The van der Waals surface area contributed by atoms with Crippen molar-refractivity contribution in [2.24, 2.45) is 0 Å². The van der Waals surface area contributed by atoms with Crippen LogP contribution in [0.1, 0.15) is 19.8 Å². The Balaban J connectivity index is 3.57. The van der Waals surface area contributed by atoms with Crippen molar-refractivity contribution in [3.8, 4) is 0 Å². The van der Waals surface area contributed by atoms with Gasteiger partial charge in [0.1, 0.15) is 6.54 Å². The van der Waals surface area contributed by atoms with Crippen molar-refractivity contribution in [2.75, 3.05) is 20.3 Å². The van der Waals surface area contributed by atoms with Gasteiger partial charge in [-0.25, -0.2) is 0 Å². The molecule has 0 aromatic heterocycles. The van der Waals surface area contributed by atoms with Crippen molar-refractivity contribution in [1.82, 2.24) is 5.32 Å². The molecule has 1 amide bonds. The van der Waals surface area contributed by atoms with E-state index in [1.54, 1.807) is 6.92 Å². The molecule has 0 aliphatic carbocycles. The number of esters is 2. The van der Waals surface area contributed by atoms with Gasteiger partial charge in [-0.05, 0) is 6.92 Å². The minimum atomic E-state index is -0.528. The van der Waals surface area contributed by atoms with Crippen molar-refractivity contribution >= 4 is 17.8 Å². The van der Waals surface area contributed by atoms with Gasteiger partial charge in [0.05, 0.1) is 20.1 Å². The first kappa shape index (κ1) is 13.4. The van der Waals surface area contributed by atoms with Crippen molar-refractivity contribution in [3.05, 3.63) is 0 Å². The van der Waals surface area contributed by atoms with Crippen LogP contribution in [0.2, 0.25) is 0 Å². The monoisotopic (exact) mass is 217 g/mol. The Hall–Kier alpha value is -1.59. The summed E-state index contributed by atoms with van der Waals surface area (Å²) in [5, 5.41) is 2.31. The standard InChI is InChI=1S/C9H15NO5/c1-3-15-8(12)5-4-7(11)10-6-9(13)14-2/h3-6H2,1-2H3,(H,10,11). The van der Waals surface area contributed by atoms with Gasteiger partial charge in [0, 0.05) is 6.42 Å². The Morgan fingerprint density at radius 3 is 2.33 bits per heavy atom. The van der Waals surface area contributed by atoms with E-state index < -0.39 is 11.9 Å². The highest BCUT2D eigenvalue weighted by Crippen LogP contribution is 1.92. The number of rotatable bonds is 6. The molecule has 0 radical (unpaired) electrons. The molecular weight excluding hydrogens is 202 g/mol. The second kappa shape index (κ2) is 7.78. The smallest absolute Gasteiger partial charge is 0.325 e. The molecule has 0 aliphatic rings. The summed E-state index contributed by atoms with van der Waals surface area (Å²) in [6.45, 7) is 1.80. The lowest BCUT2D eigenvalue weighted by Crippen LogP contribution is -2.30. The Morgan fingerprint density at radius 1 is 1.13 bits per heavy atom. The fraction of sp³-hybridized carbons (Fsp3) is 0.667. The molecule has 0 aromatic rings. The van der Waals surface area contributed by atoms with E-state index in [1.807, 2.05) is 0 Å². The summed E-state index contributed by atoms with van der Waals surface area (Å²) >= 11 is 0. The van der Waals surface area contributed by atoms with Gasteiger partial charge in [-0.1, -0.05) is 0 Å². The number of hydrogen-bond donors (Lipinski definition) is 1. The van der Waals surface area contributed by atoms with E-state index in [2.05, 4.69) is 14.8 Å². The molecule has 1 N–H and O–H groups in total. The highest BCUT2D eigenvalue weighted by molar-refractivity contribution is 5.84. The number of nitrogens with one attached hydrogen (secondary N) is 1. The van der Waals surface area contributed by atoms with Gasteiger partial charge in [-0.15, -0.1) is 0 Å². The van der Waals surface area contributed by atoms with Crippen molar-refractivity contribution in [2.45, 2.75) is 19.8 Å². The molecule has 0 fully saturated rings. The number of methoxy groups -OCH3 is 1. The van der Waals surface area contributed by atoms with E-state index in [0.29, 0.717) is 6.61 Å². The molecule has 0 heterocycles. The lowest BCUT2D eigenvalue weighted by Gasteiger charge is -2.03. The minimum Gasteiger partial charge on any atom is -0.468 e. The molecule has 6 nitrogen and oxygen atoms in total. The van der Waals surface area contributed by atoms with E-state index in [1.165, 1.54) is 7.11 Å². The second-order valence-electron chi connectivity index (χ2n) is 2.66. The highest BCUT2D eigenvalue weighted by Gasteiger charge is 2.08. The van der Waals surface area contributed by atoms with Crippen molar-refractivity contribution in [3.63, 3.8) is 0 Å². The van der Waals surface area contributed by atoms with Gasteiger partial charge in [0.15, 0.2) is 0 Å². The van der Waals surface area contributed by atoms with E-state index in [-0.39, 0.29) is 25.3 Å². The lowest BCUT2D eigenvalue weighted by atomic mass is 10.3. The summed E-state index contributed by atoms with van der Waals surface area (Å²) in [4.78, 5) is 32.5. The number of amides is 1. The third-order valence-corrected chi connectivity index (χ3v) is 1.52. The van der Waals surface area contributed by atoms with Gasteiger partial charge < -0.3 is 14.8 Å². The van der Waals surface area contributed by atoms with E-state index in [0.717, 1.165) is 0 Å². The molecule has 0 rings (SSSR count). The maximum Gasteiger partial charge on any atom is 0.325 e. The van der Waals surface area contributed by atoms with Gasteiger partial charge in [0.25, 0.3) is 0 Å². The Labute approximate surface area is 87.9 Å². The topological polar surface area (TPSA) is 81.7 Å². The molecule has 0 unspecified atom stereocenters. The van der Waals surface area contributed by atoms with Gasteiger partial charge in [-0.2, -0.15) is 0 Å². The van der Waals surface area contributed by atoms with Crippen molar-refractivity contribution in [1.29, 1.82) is 0 Å². The molecule has 6 heteroatoms. The Morgan fingerprint density at radius 2 is 1.80 bits per heavy atom. The summed E-state index contributed by atoms with van der Waals surface area (Å²) < 4.78 is 8.95. The van der Waals surface area contributed by atoms with Gasteiger partial charge in [-0.3, -0.25) is 14.4 Å². The normalized spacial score (nSPS) is 9.20. The number of hydrogen-bond acceptors (Lipinski definition) is 5. The third kappa shape index (κ3) is 7.48.